The van der Waals surface area contributed by atoms with E-state index in [0.29, 0.717) is 31.4 Å². The monoisotopic (exact) mass is 548 g/mol. The molecule has 0 amide bonds. The molecule has 0 spiro atoms. The maximum Gasteiger partial charge on any atom is 0.325 e. The highest BCUT2D eigenvalue weighted by molar-refractivity contribution is 5.78. The highest BCUT2D eigenvalue weighted by Gasteiger charge is 2.47. The third kappa shape index (κ3) is 6.60. The smallest absolute Gasteiger partial charge is 0.325 e. The normalized spacial score (nSPS) is 26.6. The van der Waals surface area contributed by atoms with Crippen LogP contribution in [0.1, 0.15) is 62.6 Å². The number of allylic oxidation sites excluding steroid dienone is 2. The standard InChI is InChI=1S/C29H39F3N4O3/c30-21-16-23(25(34-17-21)24-8-2-4-15-39-24)26(28(37)38)36-14-11-20(18-36)29(31,32)12-3-1-7-22-10-9-19-6-5-13-33-27(19)35-22/h9-10,16-17,20,24-26,34H,1-8,11-15,18H2,(H,33,35)(H,37,38)/t20-,24+,25?,26-/m1/s1. The molecule has 1 unspecified atom stereocenters. The van der Waals surface area contributed by atoms with E-state index in [0.717, 1.165) is 50.2 Å². The number of halogens is 3. The van der Waals surface area contributed by atoms with E-state index in [2.05, 4.69) is 21.7 Å². The van der Waals surface area contributed by atoms with Crippen LogP contribution in [0.4, 0.5) is 19.0 Å². The van der Waals surface area contributed by atoms with Crippen LogP contribution < -0.4 is 10.6 Å². The van der Waals surface area contributed by atoms with E-state index in [-0.39, 0.29) is 32.0 Å². The number of fused-ring (bicyclic) bond motifs is 1. The molecular weight excluding hydrogens is 509 g/mol. The number of carboxylic acids is 1. The number of aromatic nitrogens is 1. The number of nitrogens with one attached hydrogen (secondary N) is 2. The minimum Gasteiger partial charge on any atom is -0.480 e. The Labute approximate surface area is 227 Å². The summed E-state index contributed by atoms with van der Waals surface area (Å²) in [6, 6.07) is 2.38. The van der Waals surface area contributed by atoms with Gasteiger partial charge in [-0.15, -0.1) is 0 Å². The molecule has 5 rings (SSSR count). The van der Waals surface area contributed by atoms with Crippen LogP contribution in [0.15, 0.2) is 35.8 Å². The van der Waals surface area contributed by atoms with Gasteiger partial charge in [-0.25, -0.2) is 18.2 Å². The summed E-state index contributed by atoms with van der Waals surface area (Å²) in [5.74, 6) is -4.66. The maximum atomic E-state index is 15.3. The molecule has 4 atom stereocenters. The number of nitrogens with zero attached hydrogens (tertiary/aromatic N) is 2. The average Bonchev–Trinajstić information content (AvgIpc) is 3.42. The second-order valence-electron chi connectivity index (χ2n) is 11.3. The number of pyridine rings is 1. The number of aliphatic carboxylic acids is 1. The van der Waals surface area contributed by atoms with Gasteiger partial charge in [-0.3, -0.25) is 9.69 Å². The van der Waals surface area contributed by atoms with E-state index < -0.39 is 35.7 Å². The number of anilines is 1. The number of hydrogen-bond acceptors (Lipinski definition) is 6. The number of dihydropyridines is 1. The molecule has 4 aliphatic heterocycles. The Hall–Kier alpha value is -2.59. The van der Waals surface area contributed by atoms with E-state index in [9.17, 15) is 14.3 Å². The molecule has 0 radical (unpaired) electrons. The van der Waals surface area contributed by atoms with Crippen molar-refractivity contribution in [3.8, 4) is 0 Å². The predicted octanol–water partition coefficient (Wildman–Crippen LogP) is 4.84. The van der Waals surface area contributed by atoms with E-state index in [1.807, 2.05) is 6.07 Å². The van der Waals surface area contributed by atoms with Gasteiger partial charge in [-0.2, -0.15) is 0 Å². The first kappa shape index (κ1) is 28.0. The van der Waals surface area contributed by atoms with Crippen LogP contribution in [0.5, 0.6) is 0 Å². The number of likely N-dealkylation sites (tertiary alicyclic amines) is 1. The van der Waals surface area contributed by atoms with Gasteiger partial charge < -0.3 is 20.5 Å². The van der Waals surface area contributed by atoms with Crippen LogP contribution in [-0.2, 0) is 22.4 Å². The summed E-state index contributed by atoms with van der Waals surface area (Å²) in [4.78, 5) is 18.6. The zero-order chi connectivity index (χ0) is 27.4. The summed E-state index contributed by atoms with van der Waals surface area (Å²) in [7, 11) is 0. The molecule has 1 aromatic heterocycles. The van der Waals surface area contributed by atoms with Gasteiger partial charge in [0.25, 0.3) is 5.92 Å². The maximum absolute atomic E-state index is 15.3. The van der Waals surface area contributed by atoms with Gasteiger partial charge in [0, 0.05) is 43.9 Å². The lowest BCUT2D eigenvalue weighted by Gasteiger charge is -2.38. The molecule has 2 saturated heterocycles. The number of unbranched alkanes of at least 4 members (excludes halogenated alkanes) is 1. The number of rotatable bonds is 10. The summed E-state index contributed by atoms with van der Waals surface area (Å²) < 4.78 is 50.7. The molecule has 0 bridgehead atoms. The van der Waals surface area contributed by atoms with Crippen molar-refractivity contribution in [2.24, 2.45) is 5.92 Å². The summed E-state index contributed by atoms with van der Waals surface area (Å²) in [5.41, 5.74) is 2.46. The Morgan fingerprint density at radius 2 is 2.10 bits per heavy atom. The molecule has 0 aromatic carbocycles. The summed E-state index contributed by atoms with van der Waals surface area (Å²) in [5, 5.41) is 16.4. The molecule has 0 saturated carbocycles. The Morgan fingerprint density at radius 3 is 2.90 bits per heavy atom. The fourth-order valence-electron chi connectivity index (χ4n) is 6.41. The third-order valence-corrected chi connectivity index (χ3v) is 8.53. The minimum absolute atomic E-state index is 0.0388. The topological polar surface area (TPSA) is 86.7 Å². The summed E-state index contributed by atoms with van der Waals surface area (Å²) in [6.45, 7) is 1.66. The van der Waals surface area contributed by atoms with Crippen molar-refractivity contribution in [3.63, 3.8) is 0 Å². The first-order valence-corrected chi connectivity index (χ1v) is 14.3. The molecule has 214 valence electrons. The largest absolute Gasteiger partial charge is 0.480 e. The summed E-state index contributed by atoms with van der Waals surface area (Å²) in [6.07, 6.45) is 8.48. The molecular formula is C29H39F3N4O3. The Bertz CT molecular complexity index is 1090. The van der Waals surface area contributed by atoms with Crippen LogP contribution in [0.25, 0.3) is 0 Å². The number of carboxylic acid groups (broad SMARTS) is 1. The lowest BCUT2D eigenvalue weighted by molar-refractivity contribution is -0.142. The second kappa shape index (κ2) is 12.3. The third-order valence-electron chi connectivity index (χ3n) is 8.53. The molecule has 39 heavy (non-hydrogen) atoms. The number of ether oxygens (including phenoxy) is 1. The van der Waals surface area contributed by atoms with Crippen molar-refractivity contribution in [1.29, 1.82) is 0 Å². The molecule has 4 aliphatic rings. The van der Waals surface area contributed by atoms with Crippen molar-refractivity contribution in [3.05, 3.63) is 47.1 Å². The van der Waals surface area contributed by atoms with Gasteiger partial charge in [0.1, 0.15) is 17.7 Å². The zero-order valence-corrected chi connectivity index (χ0v) is 22.3. The van der Waals surface area contributed by atoms with Gasteiger partial charge >= 0.3 is 5.97 Å². The summed E-state index contributed by atoms with van der Waals surface area (Å²) >= 11 is 0. The van der Waals surface area contributed by atoms with E-state index in [1.165, 1.54) is 17.8 Å². The highest BCUT2D eigenvalue weighted by Crippen LogP contribution is 2.39. The van der Waals surface area contributed by atoms with Gasteiger partial charge in [-0.1, -0.05) is 6.07 Å². The Kier molecular flexibility index (Phi) is 8.81. The van der Waals surface area contributed by atoms with Crippen LogP contribution >= 0.6 is 0 Å². The molecule has 7 nitrogen and oxygen atoms in total. The van der Waals surface area contributed by atoms with Gasteiger partial charge in [0.15, 0.2) is 0 Å². The molecule has 1 aromatic rings. The predicted molar refractivity (Wildman–Crippen MR) is 142 cm³/mol. The number of hydrogen-bond donors (Lipinski definition) is 3. The first-order valence-electron chi connectivity index (χ1n) is 14.3. The zero-order valence-electron chi connectivity index (χ0n) is 22.3. The lowest BCUT2D eigenvalue weighted by Crippen LogP contribution is -2.52. The average molecular weight is 549 g/mol. The van der Waals surface area contributed by atoms with Crippen molar-refractivity contribution < 1.29 is 27.8 Å². The van der Waals surface area contributed by atoms with Gasteiger partial charge in [0.2, 0.25) is 0 Å². The minimum atomic E-state index is -2.90. The fourth-order valence-corrected chi connectivity index (χ4v) is 6.41. The van der Waals surface area contributed by atoms with Crippen molar-refractivity contribution in [2.45, 2.75) is 88.3 Å². The Morgan fingerprint density at radius 1 is 1.23 bits per heavy atom. The van der Waals surface area contributed by atoms with E-state index >= 15 is 8.78 Å². The molecule has 10 heteroatoms. The second-order valence-corrected chi connectivity index (χ2v) is 11.3. The molecule has 3 N–H and O–H groups in total. The lowest BCUT2D eigenvalue weighted by atomic mass is 9.88. The van der Waals surface area contributed by atoms with Gasteiger partial charge in [0.05, 0.1) is 12.1 Å². The van der Waals surface area contributed by atoms with Crippen molar-refractivity contribution in [1.82, 2.24) is 15.2 Å². The van der Waals surface area contributed by atoms with E-state index in [4.69, 9.17) is 4.74 Å². The van der Waals surface area contributed by atoms with Gasteiger partial charge in [-0.05, 0) is 87.6 Å². The Balaban J connectivity index is 1.17. The molecule has 0 aliphatic carbocycles. The quantitative estimate of drug-likeness (QED) is 0.361. The van der Waals surface area contributed by atoms with E-state index in [1.54, 1.807) is 4.90 Å². The number of carbonyl (C=O) groups is 1. The first-order chi connectivity index (χ1) is 18.8. The van der Waals surface area contributed by atoms with Crippen LogP contribution in [0.2, 0.25) is 0 Å². The molecule has 5 heterocycles. The van der Waals surface area contributed by atoms with Crippen molar-refractivity contribution in [2.75, 3.05) is 31.6 Å². The SMILES string of the molecule is O=C(O)[C@@H](C1=CC(F)=CNC1[C@@H]1CCCCO1)N1CC[C@@H](C(F)(F)CCCCc2ccc3c(n2)NCCC3)C1. The fraction of sp³-hybridized carbons (Fsp3) is 0.655. The number of alkyl halides is 2. The number of aryl methyl sites for hydroxylation is 2. The van der Waals surface area contributed by atoms with Crippen LogP contribution in [-0.4, -0.2) is 71.3 Å². The molecule has 2 fully saturated rings. The van der Waals surface area contributed by atoms with Crippen LogP contribution in [0.3, 0.4) is 0 Å². The highest BCUT2D eigenvalue weighted by atomic mass is 19.3. The van der Waals surface area contributed by atoms with Crippen LogP contribution in [0, 0.1) is 5.92 Å². The van der Waals surface area contributed by atoms with Crippen molar-refractivity contribution >= 4 is 11.8 Å².